The third kappa shape index (κ3) is 4.21. The van der Waals surface area contributed by atoms with Crippen molar-refractivity contribution in [2.24, 2.45) is 0 Å². The van der Waals surface area contributed by atoms with E-state index in [1.807, 2.05) is 24.6 Å². The monoisotopic (exact) mass is 298 g/mol. The molecule has 4 nitrogen and oxygen atoms in total. The van der Waals surface area contributed by atoms with E-state index in [2.05, 4.69) is 15.4 Å². The fourth-order valence-electron chi connectivity index (χ4n) is 2.05. The second-order valence-corrected chi connectivity index (χ2v) is 4.86. The third-order valence-corrected chi connectivity index (χ3v) is 3.04. The van der Waals surface area contributed by atoms with Gasteiger partial charge < -0.3 is 5.32 Å². The van der Waals surface area contributed by atoms with Crippen molar-refractivity contribution >= 4 is 5.82 Å². The Balaban J connectivity index is 1.85. The van der Waals surface area contributed by atoms with Gasteiger partial charge in [-0.2, -0.15) is 18.3 Å². The van der Waals surface area contributed by atoms with Crippen molar-refractivity contribution in [3.63, 3.8) is 0 Å². The summed E-state index contributed by atoms with van der Waals surface area (Å²) in [6, 6.07) is 3.96. The van der Waals surface area contributed by atoms with Crippen LogP contribution >= 0.6 is 0 Å². The lowest BCUT2D eigenvalue weighted by Crippen LogP contribution is -2.11. The summed E-state index contributed by atoms with van der Waals surface area (Å²) in [5.74, 6) is 0.234. The van der Waals surface area contributed by atoms with Crippen molar-refractivity contribution in [1.82, 2.24) is 14.8 Å². The van der Waals surface area contributed by atoms with Gasteiger partial charge in [0, 0.05) is 25.0 Å². The van der Waals surface area contributed by atoms with Gasteiger partial charge in [-0.1, -0.05) is 0 Å². The topological polar surface area (TPSA) is 42.7 Å². The van der Waals surface area contributed by atoms with E-state index in [1.54, 1.807) is 0 Å². The zero-order valence-corrected chi connectivity index (χ0v) is 11.9. The van der Waals surface area contributed by atoms with Gasteiger partial charge in [-0.25, -0.2) is 4.98 Å². The van der Waals surface area contributed by atoms with E-state index in [0.717, 1.165) is 36.1 Å². The lowest BCUT2D eigenvalue weighted by molar-refractivity contribution is -0.137. The summed E-state index contributed by atoms with van der Waals surface area (Å²) >= 11 is 0. The molecule has 0 saturated carbocycles. The number of rotatable bonds is 5. The van der Waals surface area contributed by atoms with Crippen LogP contribution in [0.25, 0.3) is 0 Å². The van der Waals surface area contributed by atoms with Crippen LogP contribution in [-0.4, -0.2) is 21.3 Å². The minimum atomic E-state index is -4.34. The van der Waals surface area contributed by atoms with Crippen LogP contribution in [0.2, 0.25) is 0 Å². The van der Waals surface area contributed by atoms with Gasteiger partial charge in [0.25, 0.3) is 0 Å². The van der Waals surface area contributed by atoms with E-state index in [4.69, 9.17) is 0 Å². The molecule has 1 N–H and O–H groups in total. The summed E-state index contributed by atoms with van der Waals surface area (Å²) in [5.41, 5.74) is 1.34. The van der Waals surface area contributed by atoms with E-state index in [-0.39, 0.29) is 5.82 Å². The highest BCUT2D eigenvalue weighted by Crippen LogP contribution is 2.29. The maximum Gasteiger partial charge on any atom is 0.416 e. The molecule has 0 saturated heterocycles. The SMILES string of the molecule is Cc1cc(C)n(CCCNc2cc(C(F)(F)F)ccn2)n1. The van der Waals surface area contributed by atoms with Gasteiger partial charge in [0.1, 0.15) is 5.82 Å². The van der Waals surface area contributed by atoms with Crippen molar-refractivity contribution in [2.45, 2.75) is 33.0 Å². The number of aryl methyl sites for hydroxylation is 3. The number of halogens is 3. The zero-order valence-electron chi connectivity index (χ0n) is 11.9. The van der Waals surface area contributed by atoms with E-state index in [0.29, 0.717) is 13.1 Å². The third-order valence-electron chi connectivity index (χ3n) is 3.04. The molecule has 0 radical (unpaired) electrons. The van der Waals surface area contributed by atoms with Crippen LogP contribution in [0.1, 0.15) is 23.4 Å². The van der Waals surface area contributed by atoms with E-state index >= 15 is 0 Å². The molecule has 0 aliphatic rings. The zero-order chi connectivity index (χ0) is 15.5. The van der Waals surface area contributed by atoms with Crippen molar-refractivity contribution < 1.29 is 13.2 Å². The first-order valence-corrected chi connectivity index (χ1v) is 6.64. The van der Waals surface area contributed by atoms with Crippen molar-refractivity contribution in [1.29, 1.82) is 0 Å². The second-order valence-electron chi connectivity index (χ2n) is 4.86. The summed E-state index contributed by atoms with van der Waals surface area (Å²) in [5, 5.41) is 7.23. The largest absolute Gasteiger partial charge is 0.416 e. The van der Waals surface area contributed by atoms with Gasteiger partial charge in [0.05, 0.1) is 11.3 Å². The Labute approximate surface area is 121 Å². The molecule has 0 amide bonds. The molecule has 2 heterocycles. The summed E-state index contributed by atoms with van der Waals surface area (Å²) in [4.78, 5) is 3.89. The smallest absolute Gasteiger partial charge is 0.370 e. The van der Waals surface area contributed by atoms with Crippen LogP contribution in [0.15, 0.2) is 24.4 Å². The minimum Gasteiger partial charge on any atom is -0.370 e. The number of pyridine rings is 1. The predicted molar refractivity (Wildman–Crippen MR) is 74.0 cm³/mol. The molecule has 0 unspecified atom stereocenters. The highest BCUT2D eigenvalue weighted by molar-refractivity contribution is 5.38. The standard InChI is InChI=1S/C14H17F3N4/c1-10-8-11(2)21(20-10)7-3-5-18-13-9-12(4-6-19-13)14(15,16)17/h4,6,8-9H,3,5,7H2,1-2H3,(H,18,19). The Hall–Kier alpha value is -2.05. The quantitative estimate of drug-likeness (QED) is 0.860. The van der Waals surface area contributed by atoms with E-state index in [1.165, 1.54) is 0 Å². The molecular formula is C14H17F3N4. The maximum atomic E-state index is 12.6. The lowest BCUT2D eigenvalue weighted by Gasteiger charge is -2.10. The molecule has 2 rings (SSSR count). The summed E-state index contributed by atoms with van der Waals surface area (Å²) in [7, 11) is 0. The molecule has 0 aliphatic carbocycles. The number of anilines is 1. The molecule has 0 fully saturated rings. The number of nitrogens with zero attached hydrogens (tertiary/aromatic N) is 3. The summed E-state index contributed by atoms with van der Waals surface area (Å²) in [6.07, 6.45) is -2.44. The predicted octanol–water partition coefficient (Wildman–Crippen LogP) is 3.42. The number of aromatic nitrogens is 3. The number of hydrogen-bond acceptors (Lipinski definition) is 3. The lowest BCUT2D eigenvalue weighted by atomic mass is 10.2. The van der Waals surface area contributed by atoms with Gasteiger partial charge in [-0.3, -0.25) is 4.68 Å². The molecule has 0 spiro atoms. The molecule has 0 atom stereocenters. The first-order chi connectivity index (χ1) is 9.86. The van der Waals surface area contributed by atoms with Gasteiger partial charge in [0.15, 0.2) is 0 Å². The molecule has 0 bridgehead atoms. The number of hydrogen-bond donors (Lipinski definition) is 1. The summed E-state index contributed by atoms with van der Waals surface area (Å²) in [6.45, 7) is 5.15. The molecule has 7 heteroatoms. The second kappa shape index (κ2) is 6.15. The van der Waals surface area contributed by atoms with Crippen molar-refractivity contribution in [3.05, 3.63) is 41.3 Å². The highest BCUT2D eigenvalue weighted by atomic mass is 19.4. The van der Waals surface area contributed by atoms with Crippen LogP contribution < -0.4 is 5.32 Å². The van der Waals surface area contributed by atoms with Gasteiger partial charge in [-0.05, 0) is 38.5 Å². The molecule has 0 aromatic carbocycles. The molecule has 21 heavy (non-hydrogen) atoms. The first-order valence-electron chi connectivity index (χ1n) is 6.64. The average molecular weight is 298 g/mol. The van der Waals surface area contributed by atoms with Crippen LogP contribution in [0.3, 0.4) is 0 Å². The normalized spacial score (nSPS) is 11.7. The van der Waals surface area contributed by atoms with Gasteiger partial charge in [0.2, 0.25) is 0 Å². The fourth-order valence-corrected chi connectivity index (χ4v) is 2.05. The van der Waals surface area contributed by atoms with Crippen molar-refractivity contribution in [3.8, 4) is 0 Å². The summed E-state index contributed by atoms with van der Waals surface area (Å²) < 4.78 is 39.6. The van der Waals surface area contributed by atoms with Crippen LogP contribution in [0.4, 0.5) is 19.0 Å². The average Bonchev–Trinajstić information content (AvgIpc) is 2.72. The fraction of sp³-hybridized carbons (Fsp3) is 0.429. The van der Waals surface area contributed by atoms with Gasteiger partial charge >= 0.3 is 6.18 Å². The molecule has 114 valence electrons. The molecular weight excluding hydrogens is 281 g/mol. The maximum absolute atomic E-state index is 12.6. The Kier molecular flexibility index (Phi) is 4.50. The van der Waals surface area contributed by atoms with Crippen LogP contribution in [0.5, 0.6) is 0 Å². The van der Waals surface area contributed by atoms with Gasteiger partial charge in [-0.15, -0.1) is 0 Å². The Morgan fingerprint density at radius 3 is 2.62 bits per heavy atom. The van der Waals surface area contributed by atoms with Crippen LogP contribution in [0, 0.1) is 13.8 Å². The highest BCUT2D eigenvalue weighted by Gasteiger charge is 2.30. The molecule has 2 aromatic heterocycles. The van der Waals surface area contributed by atoms with Crippen LogP contribution in [-0.2, 0) is 12.7 Å². The minimum absolute atomic E-state index is 0.234. The number of nitrogens with one attached hydrogen (secondary N) is 1. The number of alkyl halides is 3. The molecule has 0 aliphatic heterocycles. The Morgan fingerprint density at radius 1 is 1.24 bits per heavy atom. The van der Waals surface area contributed by atoms with E-state index < -0.39 is 11.7 Å². The van der Waals surface area contributed by atoms with E-state index in [9.17, 15) is 13.2 Å². The Bertz CT molecular complexity index is 605. The van der Waals surface area contributed by atoms with Crippen molar-refractivity contribution in [2.75, 3.05) is 11.9 Å². The molecule has 2 aromatic rings. The first kappa shape index (κ1) is 15.3. The Morgan fingerprint density at radius 2 is 2.00 bits per heavy atom.